The third-order valence-electron chi connectivity index (χ3n) is 4.05. The Kier molecular flexibility index (Phi) is 5.20. The molecule has 1 atom stereocenters. The van der Waals surface area contributed by atoms with Crippen LogP contribution in [0.3, 0.4) is 0 Å². The van der Waals surface area contributed by atoms with Crippen LogP contribution in [0.15, 0.2) is 24.3 Å². The Morgan fingerprint density at radius 3 is 2.95 bits per heavy atom. The number of phenolic OH excluding ortho intramolecular Hbond substituents is 1. The lowest BCUT2D eigenvalue weighted by atomic mass is 9.89. The Labute approximate surface area is 125 Å². The highest BCUT2D eigenvalue weighted by molar-refractivity contribution is 5.82. The number of esters is 1. The number of rotatable bonds is 4. The van der Waals surface area contributed by atoms with Gasteiger partial charge in [0, 0.05) is 19.6 Å². The number of phenols is 1. The third kappa shape index (κ3) is 3.36. The number of hydrogen-bond donors (Lipinski definition) is 2. The summed E-state index contributed by atoms with van der Waals surface area (Å²) >= 11 is 0. The van der Waals surface area contributed by atoms with Gasteiger partial charge in [-0.3, -0.25) is 4.90 Å². The molecule has 1 fully saturated rings. The van der Waals surface area contributed by atoms with Crippen molar-refractivity contribution in [3.8, 4) is 5.75 Å². The van der Waals surface area contributed by atoms with E-state index < -0.39 is 5.54 Å². The average molecular weight is 292 g/mol. The normalized spacial score (nSPS) is 19.5. The second-order valence-electron chi connectivity index (χ2n) is 5.43. The quantitative estimate of drug-likeness (QED) is 0.823. The molecule has 0 radical (unpaired) electrons. The standard InChI is InChI=1S/C16H24N2O3/c1-3-21-15(20)16(2,13-6-4-7-14(19)12-13)18-10-5-8-17-9-11-18/h4,6-7,12,17,19H,3,5,8-11H2,1-2H3. The van der Waals surface area contributed by atoms with Gasteiger partial charge in [0.15, 0.2) is 0 Å². The zero-order valence-corrected chi connectivity index (χ0v) is 12.8. The second-order valence-corrected chi connectivity index (χ2v) is 5.43. The first-order valence-electron chi connectivity index (χ1n) is 7.51. The number of hydrogen-bond acceptors (Lipinski definition) is 5. The van der Waals surface area contributed by atoms with E-state index in [1.54, 1.807) is 18.2 Å². The highest BCUT2D eigenvalue weighted by atomic mass is 16.5. The predicted octanol–water partition coefficient (Wildman–Crippen LogP) is 1.47. The molecule has 1 heterocycles. The summed E-state index contributed by atoms with van der Waals surface area (Å²) in [4.78, 5) is 14.8. The lowest BCUT2D eigenvalue weighted by Crippen LogP contribution is -2.52. The van der Waals surface area contributed by atoms with Gasteiger partial charge < -0.3 is 15.2 Å². The van der Waals surface area contributed by atoms with E-state index in [0.29, 0.717) is 6.61 Å². The van der Waals surface area contributed by atoms with Crippen molar-refractivity contribution in [1.82, 2.24) is 10.2 Å². The van der Waals surface area contributed by atoms with Crippen molar-refractivity contribution in [3.05, 3.63) is 29.8 Å². The molecule has 2 N–H and O–H groups in total. The van der Waals surface area contributed by atoms with Crippen molar-refractivity contribution in [1.29, 1.82) is 0 Å². The lowest BCUT2D eigenvalue weighted by Gasteiger charge is -2.38. The fraction of sp³-hybridized carbons (Fsp3) is 0.562. The maximum atomic E-state index is 12.6. The zero-order valence-electron chi connectivity index (χ0n) is 12.8. The fourth-order valence-electron chi connectivity index (χ4n) is 2.80. The van der Waals surface area contributed by atoms with Crippen LogP contribution in [-0.2, 0) is 15.1 Å². The van der Waals surface area contributed by atoms with Crippen molar-refractivity contribution < 1.29 is 14.6 Å². The predicted molar refractivity (Wildman–Crippen MR) is 81.2 cm³/mol. The fourth-order valence-corrected chi connectivity index (χ4v) is 2.80. The van der Waals surface area contributed by atoms with Gasteiger partial charge in [-0.25, -0.2) is 4.79 Å². The van der Waals surface area contributed by atoms with Crippen LogP contribution in [0.25, 0.3) is 0 Å². The van der Waals surface area contributed by atoms with Gasteiger partial charge in [-0.15, -0.1) is 0 Å². The summed E-state index contributed by atoms with van der Waals surface area (Å²) < 4.78 is 5.31. The van der Waals surface area contributed by atoms with Gasteiger partial charge in [0.1, 0.15) is 11.3 Å². The van der Waals surface area contributed by atoms with E-state index in [9.17, 15) is 9.90 Å². The van der Waals surface area contributed by atoms with E-state index in [0.717, 1.165) is 38.2 Å². The van der Waals surface area contributed by atoms with Gasteiger partial charge >= 0.3 is 5.97 Å². The number of carbonyl (C=O) groups is 1. The summed E-state index contributed by atoms with van der Waals surface area (Å²) in [7, 11) is 0. The molecule has 0 amide bonds. The van der Waals surface area contributed by atoms with Crippen molar-refractivity contribution in [2.24, 2.45) is 0 Å². The second kappa shape index (κ2) is 6.91. The first-order chi connectivity index (χ1) is 10.1. The van der Waals surface area contributed by atoms with Crippen LogP contribution in [0.5, 0.6) is 5.75 Å². The largest absolute Gasteiger partial charge is 0.508 e. The monoisotopic (exact) mass is 292 g/mol. The molecular formula is C16H24N2O3. The maximum Gasteiger partial charge on any atom is 0.330 e. The molecule has 1 unspecified atom stereocenters. The SMILES string of the molecule is CCOC(=O)C(C)(c1cccc(O)c1)N1CCCNCC1. The number of carbonyl (C=O) groups excluding carboxylic acids is 1. The van der Waals surface area contributed by atoms with Crippen LogP contribution >= 0.6 is 0 Å². The summed E-state index contributed by atoms with van der Waals surface area (Å²) in [6, 6.07) is 6.89. The first kappa shape index (κ1) is 15.8. The van der Waals surface area contributed by atoms with Gasteiger partial charge in [0.2, 0.25) is 0 Å². The van der Waals surface area contributed by atoms with E-state index in [-0.39, 0.29) is 11.7 Å². The molecule has 5 nitrogen and oxygen atoms in total. The average Bonchev–Trinajstić information content (AvgIpc) is 2.76. The molecule has 0 saturated carbocycles. The Morgan fingerprint density at radius 1 is 1.43 bits per heavy atom. The minimum absolute atomic E-state index is 0.163. The molecule has 5 heteroatoms. The van der Waals surface area contributed by atoms with Gasteiger partial charge in [-0.1, -0.05) is 12.1 Å². The molecule has 0 bridgehead atoms. The Balaban J connectivity index is 2.40. The summed E-state index contributed by atoms with van der Waals surface area (Å²) in [6.07, 6.45) is 0.980. The number of benzene rings is 1. The van der Waals surface area contributed by atoms with Crippen molar-refractivity contribution >= 4 is 5.97 Å². The number of nitrogens with one attached hydrogen (secondary N) is 1. The molecule has 1 saturated heterocycles. The minimum Gasteiger partial charge on any atom is -0.508 e. The molecule has 21 heavy (non-hydrogen) atoms. The molecule has 116 valence electrons. The van der Waals surface area contributed by atoms with Crippen LogP contribution in [-0.4, -0.2) is 48.8 Å². The van der Waals surface area contributed by atoms with Gasteiger partial charge in [-0.2, -0.15) is 0 Å². The Morgan fingerprint density at radius 2 is 2.24 bits per heavy atom. The molecule has 2 rings (SSSR count). The van der Waals surface area contributed by atoms with Gasteiger partial charge in [0.25, 0.3) is 0 Å². The minimum atomic E-state index is -0.874. The van der Waals surface area contributed by atoms with Crippen LogP contribution in [0, 0.1) is 0 Å². The molecule has 1 aromatic carbocycles. The maximum absolute atomic E-state index is 12.6. The molecular weight excluding hydrogens is 268 g/mol. The zero-order chi connectivity index (χ0) is 15.3. The summed E-state index contributed by atoms with van der Waals surface area (Å²) in [5, 5.41) is 13.1. The van der Waals surface area contributed by atoms with Crippen LogP contribution in [0.1, 0.15) is 25.8 Å². The third-order valence-corrected chi connectivity index (χ3v) is 4.05. The highest BCUT2D eigenvalue weighted by Gasteiger charge is 2.42. The molecule has 0 aliphatic carbocycles. The summed E-state index contributed by atoms with van der Waals surface area (Å²) in [5.74, 6) is -0.103. The van der Waals surface area contributed by atoms with Crippen LogP contribution in [0.2, 0.25) is 0 Å². The lowest BCUT2D eigenvalue weighted by molar-refractivity contribution is -0.157. The van der Waals surface area contributed by atoms with Crippen LogP contribution < -0.4 is 5.32 Å². The van der Waals surface area contributed by atoms with E-state index >= 15 is 0 Å². The Hall–Kier alpha value is -1.59. The highest BCUT2D eigenvalue weighted by Crippen LogP contribution is 2.32. The van der Waals surface area contributed by atoms with E-state index in [1.165, 1.54) is 0 Å². The first-order valence-corrected chi connectivity index (χ1v) is 7.51. The molecule has 0 spiro atoms. The van der Waals surface area contributed by atoms with E-state index in [2.05, 4.69) is 10.2 Å². The topological polar surface area (TPSA) is 61.8 Å². The van der Waals surface area contributed by atoms with Crippen molar-refractivity contribution in [2.75, 3.05) is 32.8 Å². The van der Waals surface area contributed by atoms with Crippen LogP contribution in [0.4, 0.5) is 0 Å². The van der Waals surface area contributed by atoms with E-state index in [4.69, 9.17) is 4.74 Å². The molecule has 0 aromatic heterocycles. The van der Waals surface area contributed by atoms with Crippen molar-refractivity contribution in [2.45, 2.75) is 25.8 Å². The molecule has 1 aliphatic rings. The number of aromatic hydroxyl groups is 1. The number of ether oxygens (including phenoxy) is 1. The summed E-state index contributed by atoms with van der Waals surface area (Å²) in [5.41, 5.74) is -0.108. The number of nitrogens with zero attached hydrogens (tertiary/aromatic N) is 1. The Bertz CT molecular complexity index is 484. The summed E-state index contributed by atoms with van der Waals surface area (Å²) in [6.45, 7) is 7.42. The van der Waals surface area contributed by atoms with Gasteiger partial charge in [0.05, 0.1) is 6.61 Å². The van der Waals surface area contributed by atoms with Gasteiger partial charge in [-0.05, 0) is 44.5 Å². The smallest absolute Gasteiger partial charge is 0.330 e. The van der Waals surface area contributed by atoms with E-state index in [1.807, 2.05) is 19.9 Å². The molecule has 1 aliphatic heterocycles. The molecule has 1 aromatic rings. The van der Waals surface area contributed by atoms with Crippen molar-refractivity contribution in [3.63, 3.8) is 0 Å².